The summed E-state index contributed by atoms with van der Waals surface area (Å²) in [6.45, 7) is 2.67. The van der Waals surface area contributed by atoms with E-state index in [2.05, 4.69) is 4.90 Å². The molecule has 2 aliphatic rings. The third-order valence-electron chi connectivity index (χ3n) is 4.41. The third-order valence-corrected chi connectivity index (χ3v) is 4.41. The Morgan fingerprint density at radius 2 is 2.00 bits per heavy atom. The molecule has 1 aromatic rings. The van der Waals surface area contributed by atoms with Crippen molar-refractivity contribution < 1.29 is 14.6 Å². The van der Waals surface area contributed by atoms with E-state index in [-0.39, 0.29) is 6.61 Å². The Morgan fingerprint density at radius 1 is 1.29 bits per heavy atom. The Labute approximate surface area is 124 Å². The lowest BCUT2D eigenvalue weighted by Gasteiger charge is -2.16. The number of carbonyl (C=O) groups is 1. The van der Waals surface area contributed by atoms with E-state index in [4.69, 9.17) is 15.6 Å². The van der Waals surface area contributed by atoms with Crippen molar-refractivity contribution in [2.24, 2.45) is 17.6 Å². The number of nitrogens with two attached hydrogens (primary N) is 1. The summed E-state index contributed by atoms with van der Waals surface area (Å²) >= 11 is 0. The molecule has 0 unspecified atom stereocenters. The van der Waals surface area contributed by atoms with Crippen LogP contribution in [0.5, 0.6) is 5.75 Å². The zero-order chi connectivity index (χ0) is 14.8. The number of hydrogen-bond donors (Lipinski definition) is 2. The number of benzene rings is 1. The molecule has 5 nitrogen and oxygen atoms in total. The van der Waals surface area contributed by atoms with Crippen LogP contribution in [0.3, 0.4) is 0 Å². The highest BCUT2D eigenvalue weighted by atomic mass is 16.5. The minimum absolute atomic E-state index is 0.302. The highest BCUT2D eigenvalue weighted by Crippen LogP contribution is 2.41. The van der Waals surface area contributed by atoms with Gasteiger partial charge in [-0.05, 0) is 42.4 Å². The molecule has 0 radical (unpaired) electrons. The van der Waals surface area contributed by atoms with E-state index in [9.17, 15) is 4.79 Å². The predicted molar refractivity (Wildman–Crippen MR) is 79.0 cm³/mol. The second-order valence-electron chi connectivity index (χ2n) is 6.19. The molecule has 1 aliphatic heterocycles. The average molecular weight is 290 g/mol. The summed E-state index contributed by atoms with van der Waals surface area (Å²) in [4.78, 5) is 12.9. The summed E-state index contributed by atoms with van der Waals surface area (Å²) < 4.78 is 5.13. The zero-order valence-corrected chi connectivity index (χ0v) is 12.1. The first-order valence-corrected chi connectivity index (χ1v) is 7.53. The highest BCUT2D eigenvalue weighted by Gasteiger charge is 2.40. The molecule has 21 heavy (non-hydrogen) atoms. The third kappa shape index (κ3) is 3.74. The molecule has 3 N–H and O–H groups in total. The Bertz CT molecular complexity index is 499. The highest BCUT2D eigenvalue weighted by molar-refractivity contribution is 5.68. The van der Waals surface area contributed by atoms with Gasteiger partial charge in [0.05, 0.1) is 0 Å². The van der Waals surface area contributed by atoms with Crippen molar-refractivity contribution in [2.45, 2.75) is 25.4 Å². The van der Waals surface area contributed by atoms with Gasteiger partial charge in [-0.25, -0.2) is 4.79 Å². The number of rotatable bonds is 6. The van der Waals surface area contributed by atoms with Crippen molar-refractivity contribution in [3.05, 3.63) is 29.8 Å². The standard InChI is InChI=1S/C16H22N2O3/c17-15-9-18(8-14(15)12-3-4-12)7-11-1-5-13(6-2-11)21-10-16(19)20/h1-2,5-6,12,14-15H,3-4,7-10,17H2,(H,19,20)/t14-,15+/m0/s1. The number of hydrogen-bond acceptors (Lipinski definition) is 4. The molecule has 0 bridgehead atoms. The van der Waals surface area contributed by atoms with Gasteiger partial charge in [0.15, 0.2) is 6.61 Å². The predicted octanol–water partition coefficient (Wildman–Crippen LogP) is 1.32. The molecule has 2 fully saturated rings. The van der Waals surface area contributed by atoms with Crippen molar-refractivity contribution in [3.63, 3.8) is 0 Å². The van der Waals surface area contributed by atoms with Gasteiger partial charge in [-0.3, -0.25) is 4.90 Å². The van der Waals surface area contributed by atoms with Gasteiger partial charge in [-0.15, -0.1) is 0 Å². The maximum Gasteiger partial charge on any atom is 0.341 e. The molecule has 114 valence electrons. The first kappa shape index (κ1) is 14.4. The summed E-state index contributed by atoms with van der Waals surface area (Å²) in [5.74, 6) is 1.16. The van der Waals surface area contributed by atoms with E-state index in [0.717, 1.165) is 25.6 Å². The second kappa shape index (κ2) is 6.03. The SMILES string of the molecule is N[C@@H]1CN(Cc2ccc(OCC(=O)O)cc2)C[C@H]1C1CC1. The number of aliphatic carboxylic acids is 1. The lowest BCUT2D eigenvalue weighted by Crippen LogP contribution is -2.30. The number of ether oxygens (including phenoxy) is 1. The van der Waals surface area contributed by atoms with Crippen LogP contribution in [0.15, 0.2) is 24.3 Å². The van der Waals surface area contributed by atoms with E-state index in [1.807, 2.05) is 24.3 Å². The summed E-state index contributed by atoms with van der Waals surface area (Å²) in [5.41, 5.74) is 7.45. The van der Waals surface area contributed by atoms with Crippen molar-refractivity contribution >= 4 is 5.97 Å². The average Bonchev–Trinajstić information content (AvgIpc) is 3.23. The van der Waals surface area contributed by atoms with Crippen molar-refractivity contribution in [2.75, 3.05) is 19.7 Å². The van der Waals surface area contributed by atoms with Gasteiger partial charge in [0.1, 0.15) is 5.75 Å². The fraction of sp³-hybridized carbons (Fsp3) is 0.562. The molecule has 1 saturated carbocycles. The van der Waals surface area contributed by atoms with Gasteiger partial charge in [0.25, 0.3) is 0 Å². The molecule has 1 saturated heterocycles. The van der Waals surface area contributed by atoms with Crippen LogP contribution in [-0.2, 0) is 11.3 Å². The minimum Gasteiger partial charge on any atom is -0.482 e. The maximum atomic E-state index is 10.4. The Balaban J connectivity index is 1.52. The molecule has 0 spiro atoms. The normalized spacial score (nSPS) is 26.0. The number of nitrogens with zero attached hydrogens (tertiary/aromatic N) is 1. The monoisotopic (exact) mass is 290 g/mol. The van der Waals surface area contributed by atoms with E-state index >= 15 is 0 Å². The smallest absolute Gasteiger partial charge is 0.341 e. The molecule has 1 aliphatic carbocycles. The van der Waals surface area contributed by atoms with Crippen LogP contribution in [0.2, 0.25) is 0 Å². The van der Waals surface area contributed by atoms with Crippen molar-refractivity contribution in [1.29, 1.82) is 0 Å². The van der Waals surface area contributed by atoms with E-state index < -0.39 is 5.97 Å². The Morgan fingerprint density at radius 3 is 2.62 bits per heavy atom. The summed E-state index contributed by atoms with van der Waals surface area (Å²) in [7, 11) is 0. The van der Waals surface area contributed by atoms with E-state index in [1.54, 1.807) is 0 Å². The van der Waals surface area contributed by atoms with Gasteiger partial charge in [-0.1, -0.05) is 12.1 Å². The van der Waals surface area contributed by atoms with Gasteiger partial charge >= 0.3 is 5.97 Å². The fourth-order valence-corrected chi connectivity index (χ4v) is 3.19. The van der Waals surface area contributed by atoms with E-state index in [1.165, 1.54) is 18.4 Å². The Hall–Kier alpha value is -1.59. The molecular weight excluding hydrogens is 268 g/mol. The molecule has 2 atom stereocenters. The van der Waals surface area contributed by atoms with Crippen LogP contribution in [0.25, 0.3) is 0 Å². The zero-order valence-electron chi connectivity index (χ0n) is 12.1. The van der Waals surface area contributed by atoms with Crippen LogP contribution >= 0.6 is 0 Å². The Kier molecular flexibility index (Phi) is 4.12. The molecule has 1 aromatic carbocycles. The van der Waals surface area contributed by atoms with Gasteiger partial charge in [0, 0.05) is 25.7 Å². The topological polar surface area (TPSA) is 75.8 Å². The lowest BCUT2D eigenvalue weighted by molar-refractivity contribution is -0.139. The van der Waals surface area contributed by atoms with Crippen LogP contribution in [-0.4, -0.2) is 41.7 Å². The van der Waals surface area contributed by atoms with Crippen molar-refractivity contribution in [1.82, 2.24) is 4.90 Å². The van der Waals surface area contributed by atoms with Crippen molar-refractivity contribution in [3.8, 4) is 5.75 Å². The molecule has 3 rings (SSSR count). The number of likely N-dealkylation sites (tertiary alicyclic amines) is 1. The van der Waals surface area contributed by atoms with Gasteiger partial charge in [0.2, 0.25) is 0 Å². The minimum atomic E-state index is -0.962. The quantitative estimate of drug-likeness (QED) is 0.826. The van der Waals surface area contributed by atoms with Gasteiger partial charge < -0.3 is 15.6 Å². The first-order valence-electron chi connectivity index (χ1n) is 7.53. The summed E-state index contributed by atoms with van der Waals surface area (Å²) in [5, 5.41) is 8.58. The second-order valence-corrected chi connectivity index (χ2v) is 6.19. The van der Waals surface area contributed by atoms with Crippen LogP contribution < -0.4 is 10.5 Å². The molecule has 0 aromatic heterocycles. The number of carboxylic acids is 1. The summed E-state index contributed by atoms with van der Waals surface area (Å²) in [6.07, 6.45) is 2.70. The van der Waals surface area contributed by atoms with Crippen LogP contribution in [0.4, 0.5) is 0 Å². The van der Waals surface area contributed by atoms with Gasteiger partial charge in [-0.2, -0.15) is 0 Å². The maximum absolute atomic E-state index is 10.4. The largest absolute Gasteiger partial charge is 0.482 e. The number of carboxylic acid groups (broad SMARTS) is 1. The van der Waals surface area contributed by atoms with Crippen LogP contribution in [0.1, 0.15) is 18.4 Å². The molecule has 5 heteroatoms. The summed E-state index contributed by atoms with van der Waals surface area (Å²) in [6, 6.07) is 7.95. The molecule has 1 heterocycles. The first-order chi connectivity index (χ1) is 10.1. The van der Waals surface area contributed by atoms with Crippen LogP contribution in [0, 0.1) is 11.8 Å². The lowest BCUT2D eigenvalue weighted by atomic mass is 9.99. The van der Waals surface area contributed by atoms with E-state index in [0.29, 0.717) is 17.7 Å². The molecular formula is C16H22N2O3. The fourth-order valence-electron chi connectivity index (χ4n) is 3.19. The molecule has 0 amide bonds.